The van der Waals surface area contributed by atoms with Gasteiger partial charge in [0.2, 0.25) is 10.0 Å². The number of methoxy groups -OCH3 is 1. The second-order valence-electron chi connectivity index (χ2n) is 6.22. The van der Waals surface area contributed by atoms with E-state index in [0.717, 1.165) is 11.3 Å². The number of benzene rings is 1. The van der Waals surface area contributed by atoms with Crippen LogP contribution in [0.5, 0.6) is 5.75 Å². The molecule has 27 heavy (non-hydrogen) atoms. The maximum absolute atomic E-state index is 13.0. The summed E-state index contributed by atoms with van der Waals surface area (Å²) < 4.78 is 39.5. The molecule has 0 unspecified atom stereocenters. The van der Waals surface area contributed by atoms with Gasteiger partial charge in [0.1, 0.15) is 5.75 Å². The van der Waals surface area contributed by atoms with Crippen LogP contribution in [-0.4, -0.2) is 39.8 Å². The van der Waals surface area contributed by atoms with Crippen LogP contribution in [0.1, 0.15) is 24.0 Å². The fourth-order valence-electron chi connectivity index (χ4n) is 3.10. The van der Waals surface area contributed by atoms with Gasteiger partial charge in [0, 0.05) is 25.6 Å². The molecule has 1 aliphatic rings. The van der Waals surface area contributed by atoms with E-state index in [1.54, 1.807) is 36.0 Å². The molecule has 0 amide bonds. The van der Waals surface area contributed by atoms with Crippen molar-refractivity contribution in [2.75, 3.05) is 7.11 Å². The van der Waals surface area contributed by atoms with Crippen LogP contribution < -0.4 is 4.74 Å². The van der Waals surface area contributed by atoms with E-state index in [9.17, 15) is 8.42 Å². The molecule has 3 heterocycles. The van der Waals surface area contributed by atoms with Crippen LogP contribution in [-0.2, 0) is 36.6 Å². The Bertz CT molecular complexity index is 1090. The fraction of sp³-hybridized carbons (Fsp3) is 0.353. The molecule has 2 aromatic heterocycles. The Morgan fingerprint density at radius 3 is 2.59 bits per heavy atom. The van der Waals surface area contributed by atoms with Crippen molar-refractivity contribution in [2.24, 2.45) is 7.05 Å². The molecule has 142 valence electrons. The summed E-state index contributed by atoms with van der Waals surface area (Å²) in [6.07, 6.45) is 0.649. The average Bonchev–Trinajstić information content (AvgIpc) is 3.38. The van der Waals surface area contributed by atoms with Crippen molar-refractivity contribution in [2.45, 2.75) is 31.3 Å². The molecule has 4 rings (SSSR count). The summed E-state index contributed by atoms with van der Waals surface area (Å²) in [5, 5.41) is 8.34. The highest BCUT2D eigenvalue weighted by atomic mass is 32.2. The zero-order chi connectivity index (χ0) is 19.2. The lowest BCUT2D eigenvalue weighted by molar-refractivity contribution is 0.410. The van der Waals surface area contributed by atoms with Crippen LogP contribution in [0.3, 0.4) is 0 Å². The molecule has 0 saturated carbocycles. The third-order valence-electron chi connectivity index (χ3n) is 4.62. The number of rotatable bonds is 5. The van der Waals surface area contributed by atoms with E-state index in [2.05, 4.69) is 15.2 Å². The Hall–Kier alpha value is -2.72. The lowest BCUT2D eigenvalue weighted by atomic mass is 10.2. The Morgan fingerprint density at radius 1 is 1.22 bits per heavy atom. The zero-order valence-electron chi connectivity index (χ0n) is 15.2. The van der Waals surface area contributed by atoms with Crippen molar-refractivity contribution in [1.82, 2.24) is 24.2 Å². The minimum absolute atomic E-state index is 0.205. The van der Waals surface area contributed by atoms with Crippen LogP contribution in [0.4, 0.5) is 0 Å². The van der Waals surface area contributed by atoms with Gasteiger partial charge in [0.05, 0.1) is 24.2 Å². The average molecular weight is 389 g/mol. The highest BCUT2D eigenvalue weighted by molar-refractivity contribution is 7.89. The first-order chi connectivity index (χ1) is 12.9. The quantitative estimate of drug-likeness (QED) is 0.655. The summed E-state index contributed by atoms with van der Waals surface area (Å²) in [6.45, 7) is 2.37. The van der Waals surface area contributed by atoms with E-state index in [0.29, 0.717) is 29.6 Å². The minimum Gasteiger partial charge on any atom is -0.497 e. The molecular formula is C17H19N5O4S. The van der Waals surface area contributed by atoms with Crippen LogP contribution in [0.25, 0.3) is 11.6 Å². The number of aryl methyl sites for hydroxylation is 2. The molecule has 10 heteroatoms. The van der Waals surface area contributed by atoms with Crippen LogP contribution in [0.15, 0.2) is 33.7 Å². The normalized spacial score (nSPS) is 14.5. The van der Waals surface area contributed by atoms with Gasteiger partial charge >= 0.3 is 0 Å². The van der Waals surface area contributed by atoms with Crippen molar-refractivity contribution >= 4 is 10.0 Å². The van der Waals surface area contributed by atoms with Crippen molar-refractivity contribution in [3.05, 3.63) is 41.3 Å². The topological polar surface area (TPSA) is 103 Å². The van der Waals surface area contributed by atoms with E-state index < -0.39 is 10.0 Å². The van der Waals surface area contributed by atoms with E-state index in [1.165, 1.54) is 11.4 Å². The number of fused-ring (bicyclic) bond motifs is 1. The van der Waals surface area contributed by atoms with E-state index in [1.807, 2.05) is 6.92 Å². The summed E-state index contributed by atoms with van der Waals surface area (Å²) in [5.41, 5.74) is 2.14. The molecule has 0 N–H and O–H groups in total. The molecule has 0 spiro atoms. The summed E-state index contributed by atoms with van der Waals surface area (Å²) in [5.74, 6) is 1.51. The molecule has 9 nitrogen and oxygen atoms in total. The maximum atomic E-state index is 13.0. The Morgan fingerprint density at radius 2 is 1.96 bits per heavy atom. The lowest BCUT2D eigenvalue weighted by Crippen LogP contribution is -2.26. The molecule has 0 fully saturated rings. The monoisotopic (exact) mass is 389 g/mol. The van der Waals surface area contributed by atoms with Gasteiger partial charge in [-0.15, -0.1) is 0 Å². The highest BCUT2D eigenvalue weighted by Crippen LogP contribution is 2.34. The SMILES string of the molecule is CCc1noc(-c2nn(C)c3c2CN(S(=O)(=O)c2ccc(OC)cc2)C3)n1. The zero-order valence-corrected chi connectivity index (χ0v) is 16.0. The van der Waals surface area contributed by atoms with Crippen molar-refractivity contribution in [3.8, 4) is 17.3 Å². The first-order valence-corrected chi connectivity index (χ1v) is 9.90. The molecule has 1 aromatic carbocycles. The van der Waals surface area contributed by atoms with Crippen LogP contribution in [0, 0.1) is 0 Å². The summed E-state index contributed by atoms with van der Waals surface area (Å²) in [7, 11) is -0.327. The summed E-state index contributed by atoms with van der Waals surface area (Å²) in [6, 6.07) is 6.35. The summed E-state index contributed by atoms with van der Waals surface area (Å²) >= 11 is 0. The second kappa shape index (κ2) is 6.46. The largest absolute Gasteiger partial charge is 0.497 e. The van der Waals surface area contributed by atoms with Gasteiger partial charge in [0.25, 0.3) is 5.89 Å². The van der Waals surface area contributed by atoms with E-state index >= 15 is 0 Å². The van der Waals surface area contributed by atoms with E-state index in [4.69, 9.17) is 9.26 Å². The third kappa shape index (κ3) is 2.90. The highest BCUT2D eigenvalue weighted by Gasteiger charge is 2.36. The molecule has 0 radical (unpaired) electrons. The number of sulfonamides is 1. The smallest absolute Gasteiger partial charge is 0.278 e. The Balaban J connectivity index is 1.66. The van der Waals surface area contributed by atoms with Gasteiger partial charge in [-0.2, -0.15) is 14.4 Å². The molecule has 1 aliphatic heterocycles. The van der Waals surface area contributed by atoms with Gasteiger partial charge in [-0.05, 0) is 24.3 Å². The number of nitrogens with zero attached hydrogens (tertiary/aromatic N) is 5. The Kier molecular flexibility index (Phi) is 4.23. The fourth-order valence-corrected chi connectivity index (χ4v) is 4.47. The second-order valence-corrected chi connectivity index (χ2v) is 8.15. The Labute approximate surface area is 156 Å². The number of aromatic nitrogens is 4. The first-order valence-electron chi connectivity index (χ1n) is 8.46. The predicted molar refractivity (Wildman–Crippen MR) is 95.3 cm³/mol. The molecular weight excluding hydrogens is 370 g/mol. The lowest BCUT2D eigenvalue weighted by Gasteiger charge is -2.16. The van der Waals surface area contributed by atoms with Gasteiger partial charge in [-0.1, -0.05) is 12.1 Å². The molecule has 0 aliphatic carbocycles. The molecule has 3 aromatic rings. The van der Waals surface area contributed by atoms with Crippen LogP contribution >= 0.6 is 0 Å². The van der Waals surface area contributed by atoms with Crippen LogP contribution in [0.2, 0.25) is 0 Å². The van der Waals surface area contributed by atoms with Crippen molar-refractivity contribution < 1.29 is 17.7 Å². The molecule has 0 saturated heterocycles. The number of ether oxygens (including phenoxy) is 1. The van der Waals surface area contributed by atoms with Gasteiger partial charge in [-0.25, -0.2) is 8.42 Å². The van der Waals surface area contributed by atoms with E-state index in [-0.39, 0.29) is 18.0 Å². The minimum atomic E-state index is -3.65. The predicted octanol–water partition coefficient (Wildman–Crippen LogP) is 1.75. The van der Waals surface area contributed by atoms with Crippen molar-refractivity contribution in [1.29, 1.82) is 0 Å². The number of hydrogen-bond acceptors (Lipinski definition) is 7. The molecule has 0 bridgehead atoms. The first kappa shape index (κ1) is 17.7. The molecule has 0 atom stereocenters. The van der Waals surface area contributed by atoms with Crippen molar-refractivity contribution in [3.63, 3.8) is 0 Å². The summed E-state index contributed by atoms with van der Waals surface area (Å²) in [4.78, 5) is 4.54. The number of hydrogen-bond donors (Lipinski definition) is 0. The standard InChI is InChI=1S/C17H19N5O4S/c1-4-15-18-17(26-20-15)16-13-9-22(10-14(13)21(2)19-16)27(23,24)12-7-5-11(25-3)6-8-12/h5-8H,4,9-10H2,1-3H3. The third-order valence-corrected chi connectivity index (χ3v) is 6.43. The van der Waals surface area contributed by atoms with Gasteiger partial charge in [-0.3, -0.25) is 4.68 Å². The van der Waals surface area contributed by atoms with Gasteiger partial charge < -0.3 is 9.26 Å². The maximum Gasteiger partial charge on any atom is 0.278 e. The van der Waals surface area contributed by atoms with Gasteiger partial charge in [0.15, 0.2) is 11.5 Å².